The molecule has 2 rings (SSSR count). The summed E-state index contributed by atoms with van der Waals surface area (Å²) in [7, 11) is 0. The van der Waals surface area contributed by atoms with Crippen LogP contribution in [0.25, 0.3) is 0 Å². The molecule has 0 spiro atoms. The number of nitrogens with one attached hydrogen (secondary N) is 1. The highest BCUT2D eigenvalue weighted by molar-refractivity contribution is 5.58. The Morgan fingerprint density at radius 2 is 2.05 bits per heavy atom. The molecule has 0 radical (unpaired) electrons. The first kappa shape index (κ1) is 15.2. The summed E-state index contributed by atoms with van der Waals surface area (Å²) in [5, 5.41) is 3.59. The van der Waals surface area contributed by atoms with Crippen molar-refractivity contribution in [2.24, 2.45) is 5.92 Å². The summed E-state index contributed by atoms with van der Waals surface area (Å²) >= 11 is 0. The predicted octanol–water partition coefficient (Wildman–Crippen LogP) is 3.30. The SMILES string of the molecule is CC(CNC(C)(C)C)CN1CCCOc2ccccc21. The van der Waals surface area contributed by atoms with Crippen LogP contribution in [0.1, 0.15) is 34.1 Å². The molecule has 3 nitrogen and oxygen atoms in total. The molecule has 0 amide bonds. The van der Waals surface area contributed by atoms with E-state index < -0.39 is 0 Å². The van der Waals surface area contributed by atoms with Gasteiger partial charge in [0.1, 0.15) is 5.75 Å². The zero-order valence-corrected chi connectivity index (χ0v) is 13.3. The molecule has 1 N–H and O–H groups in total. The first-order valence-electron chi connectivity index (χ1n) is 7.67. The lowest BCUT2D eigenvalue weighted by Crippen LogP contribution is -2.41. The van der Waals surface area contributed by atoms with Crippen LogP contribution in [-0.2, 0) is 0 Å². The first-order valence-corrected chi connectivity index (χ1v) is 7.67. The molecule has 1 aromatic rings. The Kier molecular flexibility index (Phi) is 4.92. The monoisotopic (exact) mass is 276 g/mol. The highest BCUT2D eigenvalue weighted by Crippen LogP contribution is 2.30. The Bertz CT molecular complexity index is 425. The lowest BCUT2D eigenvalue weighted by Gasteiger charge is -2.29. The van der Waals surface area contributed by atoms with E-state index in [1.807, 2.05) is 6.07 Å². The summed E-state index contributed by atoms with van der Waals surface area (Å²) in [5.41, 5.74) is 1.43. The van der Waals surface area contributed by atoms with Crippen molar-refractivity contribution in [1.29, 1.82) is 0 Å². The minimum absolute atomic E-state index is 0.189. The Morgan fingerprint density at radius 1 is 1.30 bits per heavy atom. The molecule has 0 saturated heterocycles. The molecular weight excluding hydrogens is 248 g/mol. The third-order valence-electron chi connectivity index (χ3n) is 3.55. The van der Waals surface area contributed by atoms with E-state index in [1.165, 1.54) is 5.69 Å². The van der Waals surface area contributed by atoms with E-state index in [1.54, 1.807) is 0 Å². The van der Waals surface area contributed by atoms with Crippen molar-refractivity contribution in [2.45, 2.75) is 39.7 Å². The van der Waals surface area contributed by atoms with Gasteiger partial charge >= 0.3 is 0 Å². The van der Waals surface area contributed by atoms with E-state index in [9.17, 15) is 0 Å². The molecule has 1 heterocycles. The number of ether oxygens (including phenoxy) is 1. The zero-order chi connectivity index (χ0) is 14.6. The van der Waals surface area contributed by atoms with E-state index in [0.717, 1.165) is 38.4 Å². The van der Waals surface area contributed by atoms with Gasteiger partial charge in [-0.1, -0.05) is 19.1 Å². The lowest BCUT2D eigenvalue weighted by molar-refractivity contribution is 0.322. The second-order valence-corrected chi connectivity index (χ2v) is 6.85. The van der Waals surface area contributed by atoms with Gasteiger partial charge in [0.05, 0.1) is 12.3 Å². The summed E-state index contributed by atoms with van der Waals surface area (Å²) in [6.07, 6.45) is 1.09. The number of nitrogens with zero attached hydrogens (tertiary/aromatic N) is 1. The smallest absolute Gasteiger partial charge is 0.142 e. The number of hydrogen-bond acceptors (Lipinski definition) is 3. The van der Waals surface area contributed by atoms with E-state index in [4.69, 9.17) is 4.74 Å². The maximum atomic E-state index is 5.82. The van der Waals surface area contributed by atoms with Gasteiger partial charge in [-0.15, -0.1) is 0 Å². The summed E-state index contributed by atoms with van der Waals surface area (Å²) in [4.78, 5) is 2.47. The Hall–Kier alpha value is -1.22. The van der Waals surface area contributed by atoms with Crippen LogP contribution < -0.4 is 15.0 Å². The predicted molar refractivity (Wildman–Crippen MR) is 85.7 cm³/mol. The van der Waals surface area contributed by atoms with Crippen LogP contribution in [0.3, 0.4) is 0 Å². The maximum absolute atomic E-state index is 5.82. The second kappa shape index (κ2) is 6.49. The molecule has 112 valence electrons. The van der Waals surface area contributed by atoms with Gasteiger partial charge in [-0.2, -0.15) is 0 Å². The van der Waals surface area contributed by atoms with E-state index in [2.05, 4.69) is 56.1 Å². The standard InChI is InChI=1S/C17H28N2O/c1-14(12-18-17(2,3)4)13-19-10-7-11-20-16-9-6-5-8-15(16)19/h5-6,8-9,14,18H,7,10-13H2,1-4H3. The van der Waals surface area contributed by atoms with Crippen molar-refractivity contribution in [2.75, 3.05) is 31.1 Å². The quantitative estimate of drug-likeness (QED) is 0.913. The van der Waals surface area contributed by atoms with Gasteiger partial charge in [0.2, 0.25) is 0 Å². The molecule has 1 aliphatic heterocycles. The van der Waals surface area contributed by atoms with Crippen molar-refractivity contribution in [1.82, 2.24) is 5.32 Å². The van der Waals surface area contributed by atoms with Crippen molar-refractivity contribution in [3.05, 3.63) is 24.3 Å². The van der Waals surface area contributed by atoms with Crippen LogP contribution >= 0.6 is 0 Å². The van der Waals surface area contributed by atoms with Gasteiger partial charge in [-0.25, -0.2) is 0 Å². The molecular formula is C17H28N2O. The average molecular weight is 276 g/mol. The number of rotatable bonds is 4. The summed E-state index contributed by atoms with van der Waals surface area (Å²) < 4.78 is 5.82. The van der Waals surface area contributed by atoms with Gasteiger partial charge in [0.15, 0.2) is 0 Å². The molecule has 1 aromatic carbocycles. The molecule has 0 saturated carbocycles. The third-order valence-corrected chi connectivity index (χ3v) is 3.55. The molecule has 1 atom stereocenters. The number of hydrogen-bond donors (Lipinski definition) is 1. The third kappa shape index (κ3) is 4.41. The average Bonchev–Trinajstić information content (AvgIpc) is 2.59. The highest BCUT2D eigenvalue weighted by atomic mass is 16.5. The minimum Gasteiger partial charge on any atom is -0.491 e. The fourth-order valence-corrected chi connectivity index (χ4v) is 2.51. The van der Waals surface area contributed by atoms with Crippen molar-refractivity contribution >= 4 is 5.69 Å². The zero-order valence-electron chi connectivity index (χ0n) is 13.3. The Morgan fingerprint density at radius 3 is 2.80 bits per heavy atom. The maximum Gasteiger partial charge on any atom is 0.142 e. The molecule has 20 heavy (non-hydrogen) atoms. The summed E-state index contributed by atoms with van der Waals surface area (Å²) in [6.45, 7) is 13.0. The number of anilines is 1. The number of para-hydroxylation sites is 2. The van der Waals surface area contributed by atoms with Crippen molar-refractivity contribution in [3.63, 3.8) is 0 Å². The molecule has 0 aliphatic carbocycles. The second-order valence-electron chi connectivity index (χ2n) is 6.85. The van der Waals surface area contributed by atoms with Gasteiger partial charge in [0.25, 0.3) is 0 Å². The lowest BCUT2D eigenvalue weighted by atomic mass is 10.1. The van der Waals surface area contributed by atoms with E-state index in [-0.39, 0.29) is 5.54 Å². The van der Waals surface area contributed by atoms with Gasteiger partial charge in [-0.3, -0.25) is 0 Å². The van der Waals surface area contributed by atoms with Gasteiger partial charge in [0, 0.05) is 18.6 Å². The Labute approximate surface area is 123 Å². The Balaban J connectivity index is 1.98. The minimum atomic E-state index is 0.189. The molecule has 0 bridgehead atoms. The molecule has 0 aromatic heterocycles. The van der Waals surface area contributed by atoms with Crippen LogP contribution in [0.5, 0.6) is 5.75 Å². The normalized spacial score (nSPS) is 17.1. The summed E-state index contributed by atoms with van der Waals surface area (Å²) in [5.74, 6) is 1.64. The molecule has 0 fully saturated rings. The molecule has 1 aliphatic rings. The molecule has 3 heteroatoms. The number of benzene rings is 1. The number of fused-ring (bicyclic) bond motifs is 1. The van der Waals surface area contributed by atoms with Crippen LogP contribution in [0.4, 0.5) is 5.69 Å². The van der Waals surface area contributed by atoms with Gasteiger partial charge < -0.3 is 15.0 Å². The van der Waals surface area contributed by atoms with Crippen LogP contribution in [0, 0.1) is 5.92 Å². The fraction of sp³-hybridized carbons (Fsp3) is 0.647. The van der Waals surface area contributed by atoms with Gasteiger partial charge in [-0.05, 0) is 51.8 Å². The largest absolute Gasteiger partial charge is 0.491 e. The molecule has 1 unspecified atom stereocenters. The van der Waals surface area contributed by atoms with Crippen molar-refractivity contribution < 1.29 is 4.74 Å². The highest BCUT2D eigenvalue weighted by Gasteiger charge is 2.18. The first-order chi connectivity index (χ1) is 9.46. The van der Waals surface area contributed by atoms with Crippen LogP contribution in [0.2, 0.25) is 0 Å². The van der Waals surface area contributed by atoms with E-state index >= 15 is 0 Å². The van der Waals surface area contributed by atoms with E-state index in [0.29, 0.717) is 5.92 Å². The van der Waals surface area contributed by atoms with Crippen molar-refractivity contribution in [3.8, 4) is 5.75 Å². The summed E-state index contributed by atoms with van der Waals surface area (Å²) in [6, 6.07) is 8.39. The topological polar surface area (TPSA) is 24.5 Å². The van der Waals surface area contributed by atoms with Crippen LogP contribution in [0.15, 0.2) is 24.3 Å². The fourth-order valence-electron chi connectivity index (χ4n) is 2.51. The van der Waals surface area contributed by atoms with Crippen LogP contribution in [-0.4, -0.2) is 31.8 Å².